The molecule has 0 aliphatic carbocycles. The van der Waals surface area contributed by atoms with Crippen molar-refractivity contribution < 1.29 is 9.90 Å². The number of hydrogen-bond acceptors (Lipinski definition) is 3. The van der Waals surface area contributed by atoms with Gasteiger partial charge >= 0.3 is 5.97 Å². The highest BCUT2D eigenvalue weighted by Crippen LogP contribution is 2.28. The van der Waals surface area contributed by atoms with E-state index in [4.69, 9.17) is 0 Å². The molecule has 0 unspecified atom stereocenters. The molecule has 3 aromatic rings. The Labute approximate surface area is 126 Å². The molecule has 1 aromatic heterocycles. The molecule has 0 radical (unpaired) electrons. The van der Waals surface area contributed by atoms with Crippen molar-refractivity contribution in [3.8, 4) is 0 Å². The van der Waals surface area contributed by atoms with E-state index in [9.17, 15) is 9.90 Å². The van der Waals surface area contributed by atoms with Crippen LogP contribution in [0, 0.1) is 0 Å². The summed E-state index contributed by atoms with van der Waals surface area (Å²) in [6, 6.07) is 15.1. The molecule has 4 nitrogen and oxygen atoms in total. The second-order valence-electron chi connectivity index (χ2n) is 4.68. The molecule has 1 heterocycles. The second kappa shape index (κ2) is 5.61. The Morgan fingerprint density at radius 2 is 1.90 bits per heavy atom. The van der Waals surface area contributed by atoms with Crippen LogP contribution >= 0.6 is 11.8 Å². The fraction of sp³-hybridized carbons (Fsp3) is 0.125. The molecule has 0 bridgehead atoms. The third kappa shape index (κ3) is 2.64. The molecule has 5 heteroatoms. The van der Waals surface area contributed by atoms with Crippen LogP contribution in [0.15, 0.2) is 53.4 Å². The van der Waals surface area contributed by atoms with Gasteiger partial charge in [0.2, 0.25) is 0 Å². The van der Waals surface area contributed by atoms with Crippen LogP contribution in [-0.2, 0) is 12.8 Å². The van der Waals surface area contributed by atoms with Gasteiger partial charge in [-0.1, -0.05) is 30.3 Å². The number of hydrogen-bond donors (Lipinski definition) is 1. The number of aromatic nitrogens is 2. The van der Waals surface area contributed by atoms with Gasteiger partial charge in [0.25, 0.3) is 0 Å². The molecule has 0 aliphatic rings. The van der Waals surface area contributed by atoms with Gasteiger partial charge in [0, 0.05) is 23.1 Å². The van der Waals surface area contributed by atoms with Crippen LogP contribution in [-0.4, -0.2) is 20.9 Å². The molecular formula is C16H14N2O2S. The Hall–Kier alpha value is -2.27. The largest absolute Gasteiger partial charge is 0.478 e. The topological polar surface area (TPSA) is 55.1 Å². The van der Waals surface area contributed by atoms with Crippen molar-refractivity contribution in [2.75, 3.05) is 0 Å². The van der Waals surface area contributed by atoms with E-state index in [1.165, 1.54) is 11.8 Å². The predicted molar refractivity (Wildman–Crippen MR) is 83.7 cm³/mol. The van der Waals surface area contributed by atoms with Crippen molar-refractivity contribution in [1.82, 2.24) is 9.78 Å². The molecule has 2 aromatic carbocycles. The van der Waals surface area contributed by atoms with Gasteiger partial charge in [0.15, 0.2) is 0 Å². The van der Waals surface area contributed by atoms with E-state index >= 15 is 0 Å². The molecular weight excluding hydrogens is 284 g/mol. The van der Waals surface area contributed by atoms with Crippen molar-refractivity contribution in [2.24, 2.45) is 7.05 Å². The maximum atomic E-state index is 11.2. The van der Waals surface area contributed by atoms with Gasteiger partial charge < -0.3 is 5.11 Å². The van der Waals surface area contributed by atoms with Gasteiger partial charge in [-0.3, -0.25) is 4.68 Å². The van der Waals surface area contributed by atoms with Crippen LogP contribution in [0.3, 0.4) is 0 Å². The monoisotopic (exact) mass is 298 g/mol. The normalized spacial score (nSPS) is 10.9. The first-order chi connectivity index (χ1) is 10.2. The number of aromatic carboxylic acids is 1. The molecule has 1 N–H and O–H groups in total. The van der Waals surface area contributed by atoms with E-state index < -0.39 is 5.97 Å². The minimum absolute atomic E-state index is 0.336. The number of thioether (sulfide) groups is 1. The number of carboxylic acid groups (broad SMARTS) is 1. The summed E-state index contributed by atoms with van der Waals surface area (Å²) in [5, 5.41) is 14.8. The second-order valence-corrected chi connectivity index (χ2v) is 5.69. The number of fused-ring (bicyclic) bond motifs is 1. The summed E-state index contributed by atoms with van der Waals surface area (Å²) in [5.41, 5.74) is 2.39. The Balaban J connectivity index is 1.89. The number of carbonyl (C=O) groups is 1. The van der Waals surface area contributed by atoms with Crippen LogP contribution in [0.2, 0.25) is 0 Å². The smallest absolute Gasteiger partial charge is 0.336 e. The zero-order valence-corrected chi connectivity index (χ0v) is 12.3. The molecule has 0 fully saturated rings. The molecule has 0 amide bonds. The third-order valence-electron chi connectivity index (χ3n) is 3.32. The average Bonchev–Trinajstić information content (AvgIpc) is 2.82. The Bertz CT molecular complexity index is 811. The van der Waals surface area contributed by atoms with Crippen LogP contribution in [0.25, 0.3) is 10.9 Å². The standard InChI is InChI=1S/C16H14N2O2S/c1-18-14-8-4-2-6-11(14)13(17-18)10-21-15-9-5-3-7-12(15)16(19)20/h2-9H,10H2,1H3,(H,19,20). The highest BCUT2D eigenvalue weighted by Gasteiger charge is 2.12. The highest BCUT2D eigenvalue weighted by atomic mass is 32.2. The van der Waals surface area contributed by atoms with Crippen LogP contribution in [0.1, 0.15) is 16.1 Å². The van der Waals surface area contributed by atoms with Gasteiger partial charge in [-0.25, -0.2) is 4.79 Å². The van der Waals surface area contributed by atoms with Crippen molar-refractivity contribution >= 4 is 28.6 Å². The van der Waals surface area contributed by atoms with Gasteiger partial charge in [-0.2, -0.15) is 5.10 Å². The fourth-order valence-electron chi connectivity index (χ4n) is 2.31. The van der Waals surface area contributed by atoms with E-state index in [1.54, 1.807) is 12.1 Å². The Kier molecular flexibility index (Phi) is 3.66. The van der Waals surface area contributed by atoms with Crippen molar-refractivity contribution in [3.05, 3.63) is 59.8 Å². The number of para-hydroxylation sites is 1. The van der Waals surface area contributed by atoms with Crippen LogP contribution < -0.4 is 0 Å². The predicted octanol–water partition coefficient (Wildman–Crippen LogP) is 3.56. The summed E-state index contributed by atoms with van der Waals surface area (Å²) in [5.74, 6) is -0.255. The number of aryl methyl sites for hydroxylation is 1. The Morgan fingerprint density at radius 3 is 2.71 bits per heavy atom. The fourth-order valence-corrected chi connectivity index (χ4v) is 3.30. The maximum Gasteiger partial charge on any atom is 0.336 e. The number of carboxylic acids is 1. The number of rotatable bonds is 4. The lowest BCUT2D eigenvalue weighted by Gasteiger charge is -2.04. The van der Waals surface area contributed by atoms with E-state index in [-0.39, 0.29) is 0 Å². The summed E-state index contributed by atoms with van der Waals surface area (Å²) in [6.07, 6.45) is 0. The molecule has 21 heavy (non-hydrogen) atoms. The van der Waals surface area contributed by atoms with Crippen LogP contribution in [0.4, 0.5) is 0 Å². The minimum Gasteiger partial charge on any atom is -0.478 e. The first-order valence-corrected chi connectivity index (χ1v) is 7.51. The molecule has 0 aliphatic heterocycles. The lowest BCUT2D eigenvalue weighted by Crippen LogP contribution is -1.98. The molecule has 0 spiro atoms. The van der Waals surface area contributed by atoms with Crippen LogP contribution in [0.5, 0.6) is 0 Å². The van der Waals surface area contributed by atoms with Crippen molar-refractivity contribution in [1.29, 1.82) is 0 Å². The van der Waals surface area contributed by atoms with Gasteiger partial charge in [-0.05, 0) is 18.2 Å². The van der Waals surface area contributed by atoms with Gasteiger partial charge in [0.05, 0.1) is 16.8 Å². The SMILES string of the molecule is Cn1nc(CSc2ccccc2C(=O)O)c2ccccc21. The molecule has 0 saturated heterocycles. The number of benzene rings is 2. The van der Waals surface area contributed by atoms with Crippen molar-refractivity contribution in [2.45, 2.75) is 10.6 Å². The first kappa shape index (κ1) is 13.7. The van der Waals surface area contributed by atoms with Gasteiger partial charge in [0.1, 0.15) is 0 Å². The molecule has 3 rings (SSSR count). The average molecular weight is 298 g/mol. The van der Waals surface area contributed by atoms with E-state index in [1.807, 2.05) is 48.1 Å². The van der Waals surface area contributed by atoms with E-state index in [2.05, 4.69) is 5.10 Å². The summed E-state index contributed by atoms with van der Waals surface area (Å²) < 4.78 is 1.86. The molecule has 106 valence electrons. The summed E-state index contributed by atoms with van der Waals surface area (Å²) >= 11 is 1.50. The van der Waals surface area contributed by atoms with Gasteiger partial charge in [-0.15, -0.1) is 11.8 Å². The highest BCUT2D eigenvalue weighted by molar-refractivity contribution is 7.98. The maximum absolute atomic E-state index is 11.2. The van der Waals surface area contributed by atoms with Crippen molar-refractivity contribution in [3.63, 3.8) is 0 Å². The summed E-state index contributed by atoms with van der Waals surface area (Å²) in [7, 11) is 1.92. The zero-order valence-electron chi connectivity index (χ0n) is 11.5. The first-order valence-electron chi connectivity index (χ1n) is 6.52. The lowest BCUT2D eigenvalue weighted by molar-refractivity contribution is 0.0693. The zero-order chi connectivity index (χ0) is 14.8. The lowest BCUT2D eigenvalue weighted by atomic mass is 10.2. The van der Waals surface area contributed by atoms with E-state index in [0.29, 0.717) is 11.3 Å². The van der Waals surface area contributed by atoms with E-state index in [0.717, 1.165) is 21.5 Å². The minimum atomic E-state index is -0.899. The quantitative estimate of drug-likeness (QED) is 0.748. The molecule has 0 saturated carbocycles. The summed E-state index contributed by atoms with van der Waals surface area (Å²) in [6.45, 7) is 0. The summed E-state index contributed by atoms with van der Waals surface area (Å²) in [4.78, 5) is 12.0. The third-order valence-corrected chi connectivity index (χ3v) is 4.40. The molecule has 0 atom stereocenters. The Morgan fingerprint density at radius 1 is 1.19 bits per heavy atom. The number of nitrogens with zero attached hydrogens (tertiary/aromatic N) is 2.